The second-order valence-electron chi connectivity index (χ2n) is 29.5. The molecular formula is C92H110N4O3S8. The summed E-state index contributed by atoms with van der Waals surface area (Å²) in [5.41, 5.74) is 9.93. The standard InChI is InChI=1S/C92H110N4O3S8/c1-9-15-20-24-28-34-43-65-55-71(59-73-62(7)93-95(91(73)98)69-47-38-32-39-48-69)100-84(65)76-51-53-78(102-76)86-67(45-36-30-26-22-17-11-3)57-81(105-86)88-75-61-80(83(97)64(14-6)42-19-13-5)104-89(75)90(107-88)82-58-68(46-37-31-27-23-18-12-4)87(106-82)79-54-52-77(103-79)85-66(44-35-29-25-21-16-10-2)56-72(101-85)60-74-63(8)94-96(92(74)99)70-49-40-33-41-50-70/h32-33,38-41,47-61,64H,9-31,34-37,42-46H2,1-8H3/b73-59+,74-60+. The van der Waals surface area contributed by atoms with Gasteiger partial charge in [-0.1, -0.05) is 219 Å². The molecule has 10 aromatic rings. The van der Waals surface area contributed by atoms with E-state index in [-0.39, 0.29) is 17.7 Å². The van der Waals surface area contributed by atoms with Gasteiger partial charge in [-0.3, -0.25) is 14.4 Å². The number of hydrogen-bond acceptors (Lipinski definition) is 13. The number of rotatable bonds is 44. The van der Waals surface area contributed by atoms with Crippen molar-refractivity contribution in [1.82, 2.24) is 0 Å². The summed E-state index contributed by atoms with van der Waals surface area (Å²) in [6.07, 6.45) is 41.9. The van der Waals surface area contributed by atoms with Crippen LogP contribution in [0.2, 0.25) is 0 Å². The number of para-hydroxylation sites is 2. The van der Waals surface area contributed by atoms with E-state index in [0.29, 0.717) is 16.9 Å². The van der Waals surface area contributed by atoms with E-state index in [1.54, 1.807) is 21.4 Å². The van der Waals surface area contributed by atoms with Crippen molar-refractivity contribution in [2.24, 2.45) is 16.1 Å². The largest absolute Gasteiger partial charge is 0.293 e. The molecule has 564 valence electrons. The molecule has 2 aliphatic heterocycles. The SMILES string of the molecule is CCCCCCCCc1cc(/C=C2/C(=O)N(c3ccccc3)N=C2C)sc1-c1ccc(-c2sc(-c3sc(-c4cc(CCCCCCCC)c(-c5ccc(-c6sc(/C=C7/C(=O)N(c8ccccc8)N=C7C)cc6CCCCCCCC)s5)s4)c4sc(C(=O)C(CC)CCCC)cc34)cc2CCCCCCCC)s1. The zero-order chi connectivity index (χ0) is 74.6. The van der Waals surface area contributed by atoms with Crippen molar-refractivity contribution in [3.05, 3.63) is 163 Å². The van der Waals surface area contributed by atoms with E-state index in [4.69, 9.17) is 10.2 Å². The number of hydrazone groups is 2. The second-order valence-corrected chi connectivity index (χ2v) is 38.0. The number of amides is 2. The lowest BCUT2D eigenvalue weighted by Crippen LogP contribution is -2.21. The van der Waals surface area contributed by atoms with Crippen LogP contribution in [0.25, 0.3) is 80.8 Å². The van der Waals surface area contributed by atoms with Crippen LogP contribution in [-0.4, -0.2) is 29.0 Å². The molecule has 8 aromatic heterocycles. The number of anilines is 2. The minimum atomic E-state index is -0.0844. The lowest BCUT2D eigenvalue weighted by Gasteiger charge is -2.11. The first-order valence-corrected chi connectivity index (χ1v) is 47.1. The molecule has 0 radical (unpaired) electrons. The third-order valence-electron chi connectivity index (χ3n) is 21.1. The Morgan fingerprint density at radius 3 is 1.13 bits per heavy atom. The van der Waals surface area contributed by atoms with Gasteiger partial charge < -0.3 is 0 Å². The summed E-state index contributed by atoms with van der Waals surface area (Å²) < 4.78 is 1.25. The van der Waals surface area contributed by atoms with Crippen LogP contribution < -0.4 is 10.0 Å². The van der Waals surface area contributed by atoms with Crippen LogP contribution in [0.1, 0.15) is 277 Å². The molecule has 1 atom stereocenters. The van der Waals surface area contributed by atoms with E-state index < -0.39 is 0 Å². The highest BCUT2D eigenvalue weighted by Gasteiger charge is 2.33. The third-order valence-corrected chi connectivity index (χ3v) is 31.5. The Labute approximate surface area is 670 Å². The molecule has 10 heterocycles. The van der Waals surface area contributed by atoms with Gasteiger partial charge in [0.15, 0.2) is 5.78 Å². The fourth-order valence-electron chi connectivity index (χ4n) is 15.0. The minimum Gasteiger partial charge on any atom is -0.293 e. The number of carbonyl (C=O) groups excluding carboxylic acids is 3. The molecule has 0 bridgehead atoms. The maximum atomic E-state index is 15.0. The highest BCUT2D eigenvalue weighted by molar-refractivity contribution is 7.35. The van der Waals surface area contributed by atoms with Crippen molar-refractivity contribution >= 4 is 153 Å². The average molecular weight is 1580 g/mol. The van der Waals surface area contributed by atoms with Gasteiger partial charge in [-0.25, -0.2) is 0 Å². The number of unbranched alkanes of at least 4 members (excludes halogenated alkanes) is 21. The van der Waals surface area contributed by atoms with Gasteiger partial charge in [-0.05, 0) is 191 Å². The van der Waals surface area contributed by atoms with Crippen molar-refractivity contribution < 1.29 is 14.4 Å². The zero-order valence-electron chi connectivity index (χ0n) is 64.6. The number of carbonyl (C=O) groups is 3. The molecule has 12 rings (SSSR count). The first-order chi connectivity index (χ1) is 52.4. The highest BCUT2D eigenvalue weighted by Crippen LogP contribution is 2.56. The van der Waals surface area contributed by atoms with Crippen LogP contribution in [0.15, 0.2) is 137 Å². The summed E-state index contributed by atoms with van der Waals surface area (Å²) in [6.45, 7) is 17.5. The molecule has 15 heteroatoms. The van der Waals surface area contributed by atoms with Gasteiger partial charge in [0.05, 0.1) is 53.3 Å². The van der Waals surface area contributed by atoms with Gasteiger partial charge in [0.2, 0.25) is 0 Å². The van der Waals surface area contributed by atoms with E-state index in [1.165, 1.54) is 219 Å². The molecule has 7 nitrogen and oxygen atoms in total. The Hall–Kier alpha value is -6.27. The maximum absolute atomic E-state index is 15.0. The van der Waals surface area contributed by atoms with E-state index in [0.717, 1.165) is 114 Å². The molecule has 0 fully saturated rings. The van der Waals surface area contributed by atoms with Crippen LogP contribution in [-0.2, 0) is 35.3 Å². The molecule has 0 saturated heterocycles. The summed E-state index contributed by atoms with van der Waals surface area (Å²) in [5, 5.41) is 13.8. The number of hydrogen-bond donors (Lipinski definition) is 0. The summed E-state index contributed by atoms with van der Waals surface area (Å²) >= 11 is 15.1. The van der Waals surface area contributed by atoms with Crippen LogP contribution >= 0.6 is 90.7 Å². The monoisotopic (exact) mass is 1570 g/mol. The van der Waals surface area contributed by atoms with Crippen molar-refractivity contribution in [2.75, 3.05) is 10.0 Å². The zero-order valence-corrected chi connectivity index (χ0v) is 71.1. The lowest BCUT2D eigenvalue weighted by molar-refractivity contribution is -0.115. The fourth-order valence-corrected chi connectivity index (χ4v) is 25.2. The van der Waals surface area contributed by atoms with E-state index in [9.17, 15) is 9.59 Å². The molecule has 2 aliphatic rings. The van der Waals surface area contributed by atoms with E-state index in [2.05, 4.69) is 108 Å². The van der Waals surface area contributed by atoms with Crippen molar-refractivity contribution in [1.29, 1.82) is 0 Å². The number of nitrogens with zero attached hydrogens (tertiary/aromatic N) is 4. The molecule has 0 aliphatic carbocycles. The van der Waals surface area contributed by atoms with E-state index in [1.807, 2.05) is 154 Å². The minimum absolute atomic E-state index is 0.00922. The molecular weight excluding hydrogens is 1470 g/mol. The molecule has 0 saturated carbocycles. The molecule has 1 unspecified atom stereocenters. The van der Waals surface area contributed by atoms with Gasteiger partial charge in [0.1, 0.15) is 0 Å². The first-order valence-electron chi connectivity index (χ1n) is 40.6. The first kappa shape index (κ1) is 80.3. The van der Waals surface area contributed by atoms with Crippen LogP contribution in [0.4, 0.5) is 11.4 Å². The lowest BCUT2D eigenvalue weighted by atomic mass is 9.94. The van der Waals surface area contributed by atoms with Gasteiger partial charge in [0, 0.05) is 69.8 Å². The summed E-state index contributed by atoms with van der Waals surface area (Å²) in [7, 11) is 0. The normalized spacial score (nSPS) is 14.4. The third kappa shape index (κ3) is 20.1. The number of Topliss-reactive ketones (excluding diaryl/α,β-unsaturated/α-hetero) is 1. The Morgan fingerprint density at radius 2 is 0.738 bits per heavy atom. The van der Waals surface area contributed by atoms with E-state index >= 15 is 4.79 Å². The molecule has 2 aromatic carbocycles. The molecule has 107 heavy (non-hydrogen) atoms. The summed E-state index contributed by atoms with van der Waals surface area (Å²) in [4.78, 5) is 62.1. The van der Waals surface area contributed by atoms with Crippen LogP contribution in [0, 0.1) is 5.92 Å². The second kappa shape index (κ2) is 40.1. The molecule has 2 amide bonds. The van der Waals surface area contributed by atoms with Crippen molar-refractivity contribution in [2.45, 2.75) is 261 Å². The Kier molecular flexibility index (Phi) is 30.1. The predicted octanol–water partition coefficient (Wildman–Crippen LogP) is 31.0. The Balaban J connectivity index is 0.928. The number of fused-ring (bicyclic) bond motifs is 1. The number of benzene rings is 2. The highest BCUT2D eigenvalue weighted by atomic mass is 32.1. The smallest absolute Gasteiger partial charge is 0.280 e. The molecule has 0 spiro atoms. The van der Waals surface area contributed by atoms with Crippen molar-refractivity contribution in [3.8, 4) is 58.5 Å². The average Bonchev–Trinajstić information content (AvgIpc) is 1.58. The Morgan fingerprint density at radius 1 is 0.374 bits per heavy atom. The Bertz CT molecular complexity index is 4420. The van der Waals surface area contributed by atoms with Crippen molar-refractivity contribution in [3.63, 3.8) is 0 Å². The number of thiophene rings is 8. The molecule has 0 N–H and O–H groups in total. The van der Waals surface area contributed by atoms with Gasteiger partial charge in [-0.15, -0.1) is 90.7 Å². The van der Waals surface area contributed by atoms with Gasteiger partial charge in [0.25, 0.3) is 11.8 Å². The van der Waals surface area contributed by atoms with Crippen LogP contribution in [0.3, 0.4) is 0 Å². The predicted molar refractivity (Wildman–Crippen MR) is 476 cm³/mol. The topological polar surface area (TPSA) is 82.4 Å². The summed E-state index contributed by atoms with van der Waals surface area (Å²) in [5.74, 6) is 0.146. The summed E-state index contributed by atoms with van der Waals surface area (Å²) in [6, 6.07) is 41.2. The fraction of sp³-hybridized carbons (Fsp3) is 0.446. The maximum Gasteiger partial charge on any atom is 0.280 e. The number of ketones is 1. The van der Waals surface area contributed by atoms with Gasteiger partial charge >= 0.3 is 0 Å². The quantitative estimate of drug-likeness (QED) is 0.0217. The van der Waals surface area contributed by atoms with Crippen LogP contribution in [0.5, 0.6) is 0 Å². The van der Waals surface area contributed by atoms with Gasteiger partial charge in [-0.2, -0.15) is 20.2 Å². The number of aryl methyl sites for hydroxylation is 4.